The van der Waals surface area contributed by atoms with Gasteiger partial charge in [0.2, 0.25) is 15.9 Å². The Labute approximate surface area is 122 Å². The van der Waals surface area contributed by atoms with E-state index in [0.29, 0.717) is 0 Å². The second-order valence-corrected chi connectivity index (χ2v) is 6.33. The molecule has 0 spiro atoms. The normalized spacial score (nSPS) is 18.6. The molecule has 1 aromatic rings. The van der Waals surface area contributed by atoms with Crippen LogP contribution in [0.1, 0.15) is 0 Å². The molecule has 0 aromatic heterocycles. The molecule has 1 aliphatic rings. The van der Waals surface area contributed by atoms with Gasteiger partial charge in [0.05, 0.1) is 4.90 Å². The predicted octanol–water partition coefficient (Wildman–Crippen LogP) is 1.06. The van der Waals surface area contributed by atoms with Crippen LogP contribution in [0.25, 0.3) is 0 Å². The first-order valence-electron chi connectivity index (χ1n) is 6.29. The van der Waals surface area contributed by atoms with Gasteiger partial charge in [-0.1, -0.05) is 18.2 Å². The SMILES string of the molecule is C=CCNC(=O)[C@H]1C=CCN1S(=O)(=O)c1ccc(F)cc1. The van der Waals surface area contributed by atoms with Gasteiger partial charge in [-0.15, -0.1) is 6.58 Å². The van der Waals surface area contributed by atoms with Crippen LogP contribution >= 0.6 is 0 Å². The zero-order valence-electron chi connectivity index (χ0n) is 11.2. The van der Waals surface area contributed by atoms with Gasteiger partial charge in [-0.25, -0.2) is 12.8 Å². The maximum Gasteiger partial charge on any atom is 0.244 e. The van der Waals surface area contributed by atoms with Gasteiger partial charge >= 0.3 is 0 Å². The van der Waals surface area contributed by atoms with Crippen LogP contribution in [0.4, 0.5) is 4.39 Å². The smallest absolute Gasteiger partial charge is 0.244 e. The molecular formula is C14H15FN2O3S. The number of nitrogens with zero attached hydrogens (tertiary/aromatic N) is 1. The number of hydrogen-bond donors (Lipinski definition) is 1. The van der Waals surface area contributed by atoms with Gasteiger partial charge < -0.3 is 5.32 Å². The number of benzene rings is 1. The van der Waals surface area contributed by atoms with Crippen molar-refractivity contribution in [2.75, 3.05) is 13.1 Å². The van der Waals surface area contributed by atoms with Gasteiger partial charge in [0, 0.05) is 13.1 Å². The second-order valence-electron chi connectivity index (χ2n) is 4.44. The van der Waals surface area contributed by atoms with Crippen LogP contribution in [0.15, 0.2) is 54.0 Å². The molecule has 1 heterocycles. The lowest BCUT2D eigenvalue weighted by molar-refractivity contribution is -0.122. The third-order valence-corrected chi connectivity index (χ3v) is 4.89. The maximum absolute atomic E-state index is 12.9. The molecule has 7 heteroatoms. The van der Waals surface area contributed by atoms with E-state index in [1.165, 1.54) is 24.3 Å². The summed E-state index contributed by atoms with van der Waals surface area (Å²) in [6.07, 6.45) is 4.65. The summed E-state index contributed by atoms with van der Waals surface area (Å²) in [6.45, 7) is 3.84. The van der Waals surface area contributed by atoms with Crippen molar-refractivity contribution in [3.8, 4) is 0 Å². The number of nitrogens with one attached hydrogen (secondary N) is 1. The van der Waals surface area contributed by atoms with Crippen LogP contribution in [0.3, 0.4) is 0 Å². The van der Waals surface area contributed by atoms with E-state index in [0.717, 1.165) is 16.4 Å². The van der Waals surface area contributed by atoms with E-state index >= 15 is 0 Å². The lowest BCUT2D eigenvalue weighted by Crippen LogP contribution is -2.46. The summed E-state index contributed by atoms with van der Waals surface area (Å²) in [5.74, 6) is -0.942. The molecule has 1 amide bonds. The topological polar surface area (TPSA) is 66.5 Å². The molecule has 0 radical (unpaired) electrons. The lowest BCUT2D eigenvalue weighted by atomic mass is 10.3. The van der Waals surface area contributed by atoms with Crippen LogP contribution in [0.5, 0.6) is 0 Å². The molecule has 5 nitrogen and oxygen atoms in total. The summed E-state index contributed by atoms with van der Waals surface area (Å²) in [5, 5.41) is 2.56. The van der Waals surface area contributed by atoms with E-state index in [-0.39, 0.29) is 18.0 Å². The minimum atomic E-state index is -3.86. The highest BCUT2D eigenvalue weighted by Gasteiger charge is 2.36. The van der Waals surface area contributed by atoms with Gasteiger partial charge in [0.1, 0.15) is 11.9 Å². The van der Waals surface area contributed by atoms with Crippen molar-refractivity contribution in [1.29, 1.82) is 0 Å². The molecule has 0 fully saturated rings. The first-order valence-corrected chi connectivity index (χ1v) is 7.73. The summed E-state index contributed by atoms with van der Waals surface area (Å²) in [6, 6.07) is 3.61. The van der Waals surface area contributed by atoms with Gasteiger partial charge in [-0.3, -0.25) is 4.79 Å². The number of carbonyl (C=O) groups excluding carboxylic acids is 1. The van der Waals surface area contributed by atoms with Crippen molar-refractivity contribution in [2.45, 2.75) is 10.9 Å². The average Bonchev–Trinajstić information content (AvgIpc) is 2.95. The zero-order chi connectivity index (χ0) is 15.5. The summed E-state index contributed by atoms with van der Waals surface area (Å²) >= 11 is 0. The summed E-state index contributed by atoms with van der Waals surface area (Å²) in [4.78, 5) is 11.9. The van der Waals surface area contributed by atoms with E-state index in [1.807, 2.05) is 0 Å². The summed E-state index contributed by atoms with van der Waals surface area (Å²) in [7, 11) is -3.86. The van der Waals surface area contributed by atoms with E-state index < -0.39 is 27.8 Å². The molecule has 21 heavy (non-hydrogen) atoms. The minimum absolute atomic E-state index is 0.0471. The fourth-order valence-corrected chi connectivity index (χ4v) is 3.49. The predicted molar refractivity (Wildman–Crippen MR) is 76.4 cm³/mol. The Morgan fingerprint density at radius 3 is 2.71 bits per heavy atom. The van der Waals surface area contributed by atoms with Crippen molar-refractivity contribution < 1.29 is 17.6 Å². The fourth-order valence-electron chi connectivity index (χ4n) is 1.99. The number of sulfonamides is 1. The van der Waals surface area contributed by atoms with Crippen molar-refractivity contribution in [3.05, 3.63) is 54.9 Å². The Morgan fingerprint density at radius 2 is 2.10 bits per heavy atom. The quantitative estimate of drug-likeness (QED) is 0.827. The highest BCUT2D eigenvalue weighted by molar-refractivity contribution is 7.89. The number of amides is 1. The molecule has 0 unspecified atom stereocenters. The molecular weight excluding hydrogens is 295 g/mol. The largest absolute Gasteiger partial charge is 0.351 e. The van der Waals surface area contributed by atoms with Crippen LogP contribution in [-0.2, 0) is 14.8 Å². The number of halogens is 1. The highest BCUT2D eigenvalue weighted by Crippen LogP contribution is 2.22. The third kappa shape index (κ3) is 3.20. The zero-order valence-corrected chi connectivity index (χ0v) is 12.0. The van der Waals surface area contributed by atoms with E-state index in [1.54, 1.807) is 6.08 Å². The molecule has 1 N–H and O–H groups in total. The molecule has 1 aliphatic heterocycles. The summed E-state index contributed by atoms with van der Waals surface area (Å²) < 4.78 is 39.0. The molecule has 0 bridgehead atoms. The van der Waals surface area contributed by atoms with Crippen LogP contribution in [0.2, 0.25) is 0 Å². The molecule has 0 aliphatic carbocycles. The Kier molecular flexibility index (Phi) is 4.54. The number of carbonyl (C=O) groups is 1. The van der Waals surface area contributed by atoms with Gasteiger partial charge in [-0.05, 0) is 24.3 Å². The van der Waals surface area contributed by atoms with E-state index in [2.05, 4.69) is 11.9 Å². The van der Waals surface area contributed by atoms with Crippen molar-refractivity contribution in [1.82, 2.24) is 9.62 Å². The molecule has 0 saturated carbocycles. The first-order chi connectivity index (χ1) is 9.96. The van der Waals surface area contributed by atoms with Gasteiger partial charge in [0.15, 0.2) is 0 Å². The standard InChI is InChI=1S/C14H15FN2O3S/c1-2-9-16-14(18)13-4-3-10-17(13)21(19,20)12-7-5-11(15)6-8-12/h2-8,13H,1,9-10H2,(H,16,18)/t13-/m1/s1. The maximum atomic E-state index is 12.9. The van der Waals surface area contributed by atoms with Crippen LogP contribution < -0.4 is 5.32 Å². The molecule has 0 saturated heterocycles. The monoisotopic (exact) mass is 310 g/mol. The van der Waals surface area contributed by atoms with Gasteiger partial charge in [-0.2, -0.15) is 4.31 Å². The molecule has 1 atom stereocenters. The molecule has 112 valence electrons. The fraction of sp³-hybridized carbons (Fsp3) is 0.214. The lowest BCUT2D eigenvalue weighted by Gasteiger charge is -2.23. The van der Waals surface area contributed by atoms with Crippen LogP contribution in [0, 0.1) is 5.82 Å². The second kappa shape index (κ2) is 6.19. The number of hydrogen-bond acceptors (Lipinski definition) is 3. The van der Waals surface area contributed by atoms with Crippen molar-refractivity contribution >= 4 is 15.9 Å². The van der Waals surface area contributed by atoms with Crippen molar-refractivity contribution in [3.63, 3.8) is 0 Å². The van der Waals surface area contributed by atoms with Crippen molar-refractivity contribution in [2.24, 2.45) is 0 Å². The Balaban J connectivity index is 2.25. The Bertz CT molecular complexity index is 668. The highest BCUT2D eigenvalue weighted by atomic mass is 32.2. The third-order valence-electron chi connectivity index (χ3n) is 3.02. The van der Waals surface area contributed by atoms with Crippen LogP contribution in [-0.4, -0.2) is 37.8 Å². The molecule has 2 rings (SSSR count). The van der Waals surface area contributed by atoms with E-state index in [9.17, 15) is 17.6 Å². The minimum Gasteiger partial charge on any atom is -0.351 e. The Hall–Kier alpha value is -1.99. The summed E-state index contributed by atoms with van der Waals surface area (Å²) in [5.41, 5.74) is 0. The molecule has 1 aromatic carbocycles. The Morgan fingerprint density at radius 1 is 1.43 bits per heavy atom. The van der Waals surface area contributed by atoms with E-state index in [4.69, 9.17) is 0 Å². The first kappa shape index (κ1) is 15.4. The van der Waals surface area contributed by atoms with Gasteiger partial charge in [0.25, 0.3) is 0 Å². The number of rotatable bonds is 5. The average molecular weight is 310 g/mol.